The molecule has 102 valence electrons. The van der Waals surface area contributed by atoms with Gasteiger partial charge in [0, 0.05) is 20.3 Å². The molecule has 0 radical (unpaired) electrons. The SMILES string of the molecule is COCCCNc1cc(C(F)(F)F)cc(NN)n1. The number of nitrogen functional groups attached to an aromatic ring is 1. The maximum atomic E-state index is 12.6. The van der Waals surface area contributed by atoms with Crippen molar-refractivity contribution in [3.8, 4) is 0 Å². The van der Waals surface area contributed by atoms with Crippen molar-refractivity contribution in [3.63, 3.8) is 0 Å². The van der Waals surface area contributed by atoms with Crippen molar-refractivity contribution >= 4 is 11.6 Å². The number of ether oxygens (including phenoxy) is 1. The van der Waals surface area contributed by atoms with Crippen LogP contribution in [0.15, 0.2) is 12.1 Å². The van der Waals surface area contributed by atoms with Gasteiger partial charge < -0.3 is 15.5 Å². The zero-order valence-corrected chi connectivity index (χ0v) is 9.84. The number of methoxy groups -OCH3 is 1. The largest absolute Gasteiger partial charge is 0.416 e. The van der Waals surface area contributed by atoms with E-state index in [1.807, 2.05) is 0 Å². The van der Waals surface area contributed by atoms with Gasteiger partial charge in [0.25, 0.3) is 0 Å². The van der Waals surface area contributed by atoms with E-state index in [9.17, 15) is 13.2 Å². The Labute approximate surface area is 102 Å². The van der Waals surface area contributed by atoms with E-state index < -0.39 is 11.7 Å². The fraction of sp³-hybridized carbons (Fsp3) is 0.500. The average molecular weight is 264 g/mol. The molecule has 0 aliphatic carbocycles. The third kappa shape index (κ3) is 4.38. The van der Waals surface area contributed by atoms with Crippen molar-refractivity contribution in [2.45, 2.75) is 12.6 Å². The van der Waals surface area contributed by atoms with Crippen LogP contribution in [-0.2, 0) is 10.9 Å². The highest BCUT2D eigenvalue weighted by molar-refractivity contribution is 5.49. The highest BCUT2D eigenvalue weighted by Gasteiger charge is 2.31. The van der Waals surface area contributed by atoms with Crippen molar-refractivity contribution < 1.29 is 17.9 Å². The Bertz CT molecular complexity index is 384. The number of aromatic nitrogens is 1. The lowest BCUT2D eigenvalue weighted by atomic mass is 10.2. The summed E-state index contributed by atoms with van der Waals surface area (Å²) in [5.74, 6) is 5.16. The van der Waals surface area contributed by atoms with Crippen molar-refractivity contribution in [3.05, 3.63) is 17.7 Å². The Morgan fingerprint density at radius 1 is 1.33 bits per heavy atom. The standard InChI is InChI=1S/C10H15F3N4O/c1-18-4-2-3-15-8-5-7(10(11,12)13)6-9(16-8)17-14/h5-6H,2-4,14H2,1H3,(H2,15,16,17). The van der Waals surface area contributed by atoms with Crippen LogP contribution in [0, 0.1) is 0 Å². The minimum Gasteiger partial charge on any atom is -0.385 e. The predicted molar refractivity (Wildman–Crippen MR) is 62.0 cm³/mol. The Hall–Kier alpha value is -1.54. The van der Waals surface area contributed by atoms with Crippen LogP contribution in [0.5, 0.6) is 0 Å². The summed E-state index contributed by atoms with van der Waals surface area (Å²) in [4.78, 5) is 3.88. The summed E-state index contributed by atoms with van der Waals surface area (Å²) < 4.78 is 42.6. The maximum absolute atomic E-state index is 12.6. The second-order valence-corrected chi connectivity index (χ2v) is 3.54. The minimum absolute atomic E-state index is 0.0425. The molecule has 0 saturated carbocycles. The number of nitrogens with one attached hydrogen (secondary N) is 2. The normalized spacial score (nSPS) is 11.4. The van der Waals surface area contributed by atoms with Gasteiger partial charge in [-0.2, -0.15) is 13.2 Å². The van der Waals surface area contributed by atoms with E-state index in [-0.39, 0.29) is 11.6 Å². The summed E-state index contributed by atoms with van der Waals surface area (Å²) in [5, 5.41) is 2.78. The minimum atomic E-state index is -4.43. The van der Waals surface area contributed by atoms with Crippen LogP contribution < -0.4 is 16.6 Å². The summed E-state index contributed by atoms with van der Waals surface area (Å²) in [7, 11) is 1.55. The molecule has 5 nitrogen and oxygen atoms in total. The molecular formula is C10H15F3N4O. The highest BCUT2D eigenvalue weighted by atomic mass is 19.4. The molecule has 0 aromatic carbocycles. The van der Waals surface area contributed by atoms with Gasteiger partial charge in [0.05, 0.1) is 5.56 Å². The molecule has 1 aromatic heterocycles. The van der Waals surface area contributed by atoms with Gasteiger partial charge >= 0.3 is 6.18 Å². The van der Waals surface area contributed by atoms with Crippen LogP contribution in [0.4, 0.5) is 24.8 Å². The molecular weight excluding hydrogens is 249 g/mol. The molecule has 1 rings (SSSR count). The quantitative estimate of drug-likeness (QED) is 0.415. The van der Waals surface area contributed by atoms with E-state index in [0.29, 0.717) is 19.6 Å². The van der Waals surface area contributed by atoms with E-state index in [2.05, 4.69) is 15.7 Å². The van der Waals surface area contributed by atoms with Crippen LogP contribution in [0.3, 0.4) is 0 Å². The van der Waals surface area contributed by atoms with Crippen LogP contribution in [0.25, 0.3) is 0 Å². The molecule has 8 heteroatoms. The topological polar surface area (TPSA) is 72.2 Å². The van der Waals surface area contributed by atoms with Crippen LogP contribution >= 0.6 is 0 Å². The molecule has 4 N–H and O–H groups in total. The van der Waals surface area contributed by atoms with Gasteiger partial charge in [-0.3, -0.25) is 0 Å². The second-order valence-electron chi connectivity index (χ2n) is 3.54. The molecule has 0 spiro atoms. The summed E-state index contributed by atoms with van der Waals surface area (Å²) in [6, 6.07) is 1.79. The van der Waals surface area contributed by atoms with Gasteiger partial charge in [0.1, 0.15) is 11.6 Å². The lowest BCUT2D eigenvalue weighted by Gasteiger charge is -2.12. The molecule has 0 saturated heterocycles. The molecule has 0 aliphatic heterocycles. The van der Waals surface area contributed by atoms with Gasteiger partial charge in [-0.15, -0.1) is 0 Å². The lowest BCUT2D eigenvalue weighted by molar-refractivity contribution is -0.137. The van der Waals surface area contributed by atoms with Crippen LogP contribution in [-0.4, -0.2) is 25.2 Å². The highest BCUT2D eigenvalue weighted by Crippen LogP contribution is 2.31. The van der Waals surface area contributed by atoms with E-state index >= 15 is 0 Å². The molecule has 0 fully saturated rings. The second kappa shape index (κ2) is 6.41. The first-order chi connectivity index (χ1) is 8.47. The number of hydrogen-bond donors (Lipinski definition) is 3. The number of alkyl halides is 3. The first-order valence-electron chi connectivity index (χ1n) is 5.26. The van der Waals surface area contributed by atoms with Gasteiger partial charge in [-0.05, 0) is 18.6 Å². The van der Waals surface area contributed by atoms with E-state index in [0.717, 1.165) is 12.1 Å². The summed E-state index contributed by atoms with van der Waals surface area (Å²) in [5.41, 5.74) is 1.30. The predicted octanol–water partition coefficient (Wildman–Crippen LogP) is 1.83. The number of anilines is 2. The van der Waals surface area contributed by atoms with Gasteiger partial charge in [-0.1, -0.05) is 0 Å². The number of pyridine rings is 1. The van der Waals surface area contributed by atoms with Gasteiger partial charge in [0.2, 0.25) is 0 Å². The van der Waals surface area contributed by atoms with E-state index in [1.165, 1.54) is 0 Å². The van der Waals surface area contributed by atoms with Crippen LogP contribution in [0.2, 0.25) is 0 Å². The molecule has 0 bridgehead atoms. The third-order valence-electron chi connectivity index (χ3n) is 2.13. The van der Waals surface area contributed by atoms with E-state index in [1.54, 1.807) is 7.11 Å². The van der Waals surface area contributed by atoms with Crippen molar-refractivity contribution in [1.82, 2.24) is 4.98 Å². The molecule has 18 heavy (non-hydrogen) atoms. The molecule has 0 amide bonds. The van der Waals surface area contributed by atoms with Crippen molar-refractivity contribution in [2.24, 2.45) is 5.84 Å². The Morgan fingerprint density at radius 3 is 2.56 bits per heavy atom. The Morgan fingerprint density at radius 2 is 2.00 bits per heavy atom. The van der Waals surface area contributed by atoms with Crippen molar-refractivity contribution in [2.75, 3.05) is 31.0 Å². The monoisotopic (exact) mass is 264 g/mol. The summed E-state index contributed by atoms with van der Waals surface area (Å²) in [6.45, 7) is 0.986. The fourth-order valence-electron chi connectivity index (χ4n) is 1.29. The number of halogens is 3. The summed E-state index contributed by atoms with van der Waals surface area (Å²) in [6.07, 6.45) is -3.77. The smallest absolute Gasteiger partial charge is 0.385 e. The number of nitrogens with two attached hydrogens (primary N) is 1. The third-order valence-corrected chi connectivity index (χ3v) is 2.13. The number of nitrogens with zero attached hydrogens (tertiary/aromatic N) is 1. The zero-order chi connectivity index (χ0) is 13.6. The van der Waals surface area contributed by atoms with Gasteiger partial charge in [-0.25, -0.2) is 10.8 Å². The fourth-order valence-corrected chi connectivity index (χ4v) is 1.29. The van der Waals surface area contributed by atoms with Crippen molar-refractivity contribution in [1.29, 1.82) is 0 Å². The summed E-state index contributed by atoms with van der Waals surface area (Å²) >= 11 is 0. The Balaban J connectivity index is 2.78. The van der Waals surface area contributed by atoms with Crippen LogP contribution in [0.1, 0.15) is 12.0 Å². The number of rotatable bonds is 6. The number of hydrazine groups is 1. The average Bonchev–Trinajstić information content (AvgIpc) is 2.33. The molecule has 0 atom stereocenters. The maximum Gasteiger partial charge on any atom is 0.416 e. The Kier molecular flexibility index (Phi) is 5.17. The zero-order valence-electron chi connectivity index (χ0n) is 9.84. The first-order valence-corrected chi connectivity index (χ1v) is 5.26. The molecule has 0 aliphatic rings. The molecule has 1 aromatic rings. The molecule has 1 heterocycles. The molecule has 0 unspecified atom stereocenters. The lowest BCUT2D eigenvalue weighted by Crippen LogP contribution is -2.14. The first kappa shape index (κ1) is 14.5. The number of hydrogen-bond acceptors (Lipinski definition) is 5. The van der Waals surface area contributed by atoms with E-state index in [4.69, 9.17) is 10.6 Å². The van der Waals surface area contributed by atoms with Gasteiger partial charge in [0.15, 0.2) is 0 Å².